The number of rotatable bonds is 3. The van der Waals surface area contributed by atoms with Crippen molar-refractivity contribution < 1.29 is 4.79 Å². The molecule has 1 aromatic rings. The molecule has 3 heterocycles. The van der Waals surface area contributed by atoms with E-state index in [1.165, 1.54) is 0 Å². The first-order valence-electron chi connectivity index (χ1n) is 6.69. The Kier molecular flexibility index (Phi) is 3.35. The zero-order valence-electron chi connectivity index (χ0n) is 10.9. The highest BCUT2D eigenvalue weighted by Gasteiger charge is 2.32. The van der Waals surface area contributed by atoms with Crippen LogP contribution in [-0.2, 0) is 0 Å². The summed E-state index contributed by atoms with van der Waals surface area (Å²) >= 11 is 0. The molecule has 2 aliphatic heterocycles. The molecule has 1 aromatic heterocycles. The van der Waals surface area contributed by atoms with E-state index >= 15 is 0 Å². The second-order valence-corrected chi connectivity index (χ2v) is 5.11. The van der Waals surface area contributed by atoms with Crippen LogP contribution in [0.5, 0.6) is 0 Å². The molecule has 3 rings (SSSR count). The summed E-state index contributed by atoms with van der Waals surface area (Å²) in [4.78, 5) is 19.9. The molecule has 0 spiro atoms. The SMILES string of the molecule is NC(=O)c1cc(N2CC(N3CCNCC3)C2)ccn1. The third-order valence-corrected chi connectivity index (χ3v) is 3.89. The maximum atomic E-state index is 11.1. The number of hydrogen-bond donors (Lipinski definition) is 2. The van der Waals surface area contributed by atoms with Gasteiger partial charge < -0.3 is 16.0 Å². The van der Waals surface area contributed by atoms with Gasteiger partial charge in [0, 0.05) is 57.2 Å². The van der Waals surface area contributed by atoms with Gasteiger partial charge in [0.25, 0.3) is 5.91 Å². The molecule has 6 heteroatoms. The van der Waals surface area contributed by atoms with Crippen molar-refractivity contribution in [2.45, 2.75) is 6.04 Å². The van der Waals surface area contributed by atoms with Gasteiger partial charge >= 0.3 is 0 Å². The summed E-state index contributed by atoms with van der Waals surface area (Å²) in [7, 11) is 0. The van der Waals surface area contributed by atoms with Gasteiger partial charge in [-0.2, -0.15) is 0 Å². The first-order valence-corrected chi connectivity index (χ1v) is 6.69. The summed E-state index contributed by atoms with van der Waals surface area (Å²) in [6.45, 7) is 6.45. The number of nitrogens with zero attached hydrogens (tertiary/aromatic N) is 3. The van der Waals surface area contributed by atoms with E-state index in [4.69, 9.17) is 5.73 Å². The van der Waals surface area contributed by atoms with Crippen LogP contribution >= 0.6 is 0 Å². The van der Waals surface area contributed by atoms with E-state index < -0.39 is 5.91 Å². The third-order valence-electron chi connectivity index (χ3n) is 3.89. The van der Waals surface area contributed by atoms with Crippen molar-refractivity contribution in [3.63, 3.8) is 0 Å². The molecule has 0 saturated carbocycles. The van der Waals surface area contributed by atoms with Crippen LogP contribution in [0.2, 0.25) is 0 Å². The minimum absolute atomic E-state index is 0.336. The lowest BCUT2D eigenvalue weighted by Crippen LogP contribution is -2.62. The van der Waals surface area contributed by atoms with Gasteiger partial charge in [-0.05, 0) is 12.1 Å². The predicted molar refractivity (Wildman–Crippen MR) is 73.2 cm³/mol. The molecule has 2 aliphatic rings. The van der Waals surface area contributed by atoms with Gasteiger partial charge in [0.1, 0.15) is 5.69 Å². The number of primary amides is 1. The smallest absolute Gasteiger partial charge is 0.267 e. The summed E-state index contributed by atoms with van der Waals surface area (Å²) in [5.74, 6) is -0.471. The zero-order chi connectivity index (χ0) is 13.2. The number of hydrogen-bond acceptors (Lipinski definition) is 5. The Hall–Kier alpha value is -1.66. The molecule has 1 amide bonds. The summed E-state index contributed by atoms with van der Waals surface area (Å²) in [6, 6.07) is 4.34. The summed E-state index contributed by atoms with van der Waals surface area (Å²) in [6.07, 6.45) is 1.65. The molecule has 0 unspecified atom stereocenters. The van der Waals surface area contributed by atoms with Gasteiger partial charge in [0.15, 0.2) is 0 Å². The summed E-state index contributed by atoms with van der Waals surface area (Å²) in [5.41, 5.74) is 6.62. The van der Waals surface area contributed by atoms with Crippen molar-refractivity contribution in [3.05, 3.63) is 24.0 Å². The first kappa shape index (κ1) is 12.4. The van der Waals surface area contributed by atoms with Crippen LogP contribution in [0.25, 0.3) is 0 Å². The molecule has 102 valence electrons. The van der Waals surface area contributed by atoms with Crippen molar-refractivity contribution in [1.29, 1.82) is 0 Å². The Morgan fingerprint density at radius 3 is 2.79 bits per heavy atom. The highest BCUT2D eigenvalue weighted by Crippen LogP contribution is 2.24. The molecule has 19 heavy (non-hydrogen) atoms. The Morgan fingerprint density at radius 1 is 1.37 bits per heavy atom. The van der Waals surface area contributed by atoms with E-state index in [0.29, 0.717) is 11.7 Å². The predicted octanol–water partition coefficient (Wildman–Crippen LogP) is -0.726. The van der Waals surface area contributed by atoms with Crippen molar-refractivity contribution in [2.24, 2.45) is 5.73 Å². The van der Waals surface area contributed by atoms with Gasteiger partial charge in [0.2, 0.25) is 0 Å². The van der Waals surface area contributed by atoms with Crippen LogP contribution < -0.4 is 16.0 Å². The van der Waals surface area contributed by atoms with Gasteiger partial charge in [-0.3, -0.25) is 14.7 Å². The number of carbonyl (C=O) groups excluding carboxylic acids is 1. The molecule has 2 fully saturated rings. The van der Waals surface area contributed by atoms with E-state index in [2.05, 4.69) is 20.1 Å². The lowest BCUT2D eigenvalue weighted by atomic mass is 10.0. The molecule has 0 bridgehead atoms. The number of nitrogens with two attached hydrogens (primary N) is 1. The standard InChI is InChI=1S/C13H19N5O/c14-13(19)12-7-10(1-2-16-12)18-8-11(9-18)17-5-3-15-4-6-17/h1-2,7,11,15H,3-6,8-9H2,(H2,14,19). The molecule has 0 aromatic carbocycles. The number of nitrogens with one attached hydrogen (secondary N) is 1. The van der Waals surface area contributed by atoms with Crippen molar-refractivity contribution in [1.82, 2.24) is 15.2 Å². The van der Waals surface area contributed by atoms with Crippen LogP contribution in [0.15, 0.2) is 18.3 Å². The maximum absolute atomic E-state index is 11.1. The van der Waals surface area contributed by atoms with Crippen LogP contribution in [0.1, 0.15) is 10.5 Å². The molecular weight excluding hydrogens is 242 g/mol. The second kappa shape index (κ2) is 5.14. The van der Waals surface area contributed by atoms with Crippen molar-refractivity contribution in [3.8, 4) is 0 Å². The molecule has 3 N–H and O–H groups in total. The minimum atomic E-state index is -0.471. The zero-order valence-corrected chi connectivity index (χ0v) is 10.9. The molecule has 0 radical (unpaired) electrons. The van der Waals surface area contributed by atoms with Gasteiger partial charge in [-0.1, -0.05) is 0 Å². The number of carbonyl (C=O) groups is 1. The number of amides is 1. The number of aromatic nitrogens is 1. The van der Waals surface area contributed by atoms with Crippen LogP contribution in [0, 0.1) is 0 Å². The molecule has 6 nitrogen and oxygen atoms in total. The Balaban J connectivity index is 1.60. The van der Waals surface area contributed by atoms with E-state index in [0.717, 1.165) is 45.0 Å². The van der Waals surface area contributed by atoms with Gasteiger partial charge in [-0.15, -0.1) is 0 Å². The number of pyridine rings is 1. The van der Waals surface area contributed by atoms with Crippen LogP contribution in [0.3, 0.4) is 0 Å². The summed E-state index contributed by atoms with van der Waals surface area (Å²) in [5, 5.41) is 3.37. The monoisotopic (exact) mass is 261 g/mol. The van der Waals surface area contributed by atoms with E-state index in [9.17, 15) is 4.79 Å². The maximum Gasteiger partial charge on any atom is 0.267 e. The highest BCUT2D eigenvalue weighted by atomic mass is 16.1. The fourth-order valence-electron chi connectivity index (χ4n) is 2.70. The van der Waals surface area contributed by atoms with Crippen LogP contribution in [-0.4, -0.2) is 61.1 Å². The fraction of sp³-hybridized carbons (Fsp3) is 0.538. The van der Waals surface area contributed by atoms with Crippen LogP contribution in [0.4, 0.5) is 5.69 Å². The Morgan fingerprint density at radius 2 is 2.11 bits per heavy atom. The largest absolute Gasteiger partial charge is 0.368 e. The normalized spacial score (nSPS) is 21.2. The molecule has 2 saturated heterocycles. The van der Waals surface area contributed by atoms with Gasteiger partial charge in [0.05, 0.1) is 0 Å². The molecular formula is C13H19N5O. The van der Waals surface area contributed by atoms with Gasteiger partial charge in [-0.25, -0.2) is 0 Å². The number of anilines is 1. The topological polar surface area (TPSA) is 74.5 Å². The molecule has 0 atom stereocenters. The minimum Gasteiger partial charge on any atom is -0.368 e. The van der Waals surface area contributed by atoms with E-state index in [1.54, 1.807) is 12.3 Å². The Bertz CT molecular complexity index is 466. The summed E-state index contributed by atoms with van der Waals surface area (Å²) < 4.78 is 0. The average Bonchev–Trinajstić information content (AvgIpc) is 2.39. The quantitative estimate of drug-likeness (QED) is 0.751. The van der Waals surface area contributed by atoms with Crippen molar-refractivity contribution >= 4 is 11.6 Å². The van der Waals surface area contributed by atoms with E-state index in [-0.39, 0.29) is 0 Å². The van der Waals surface area contributed by atoms with Crippen molar-refractivity contribution in [2.75, 3.05) is 44.2 Å². The molecule has 0 aliphatic carbocycles. The lowest BCUT2D eigenvalue weighted by Gasteiger charge is -2.48. The first-order chi connectivity index (χ1) is 9.24. The third kappa shape index (κ3) is 2.54. The highest BCUT2D eigenvalue weighted by molar-refractivity contribution is 5.91. The lowest BCUT2D eigenvalue weighted by molar-refractivity contribution is 0.0995. The second-order valence-electron chi connectivity index (χ2n) is 5.11. The van der Waals surface area contributed by atoms with E-state index in [1.807, 2.05) is 6.07 Å². The average molecular weight is 261 g/mol. The number of piperazine rings is 1. The Labute approximate surface area is 112 Å². The fourth-order valence-corrected chi connectivity index (χ4v) is 2.70.